The molecule has 0 unspecified atom stereocenters. The Hall–Kier alpha value is -2.46. The van der Waals surface area contributed by atoms with Crippen LogP contribution in [0.15, 0.2) is 65.7 Å². The van der Waals surface area contributed by atoms with Crippen molar-refractivity contribution in [2.45, 2.75) is 0 Å². The summed E-state index contributed by atoms with van der Waals surface area (Å²) in [4.78, 5) is 12.2. The van der Waals surface area contributed by atoms with Crippen LogP contribution in [-0.2, 0) is 0 Å². The summed E-state index contributed by atoms with van der Waals surface area (Å²) in [5.74, 6) is 0. The summed E-state index contributed by atoms with van der Waals surface area (Å²) in [5, 5.41) is 0.770. The van der Waals surface area contributed by atoms with Crippen molar-refractivity contribution < 1.29 is 0 Å². The van der Waals surface area contributed by atoms with Crippen LogP contribution < -0.4 is 0 Å². The topological polar surface area (TPSA) is 28.5 Å². The molecule has 0 bridgehead atoms. The lowest BCUT2D eigenvalue weighted by atomic mass is 10.1. The van der Waals surface area contributed by atoms with Crippen molar-refractivity contribution in [3.63, 3.8) is 0 Å². The van der Waals surface area contributed by atoms with E-state index < -0.39 is 0 Å². The lowest BCUT2D eigenvalue weighted by Crippen LogP contribution is -2.06. The molecule has 2 aromatic carbocycles. The summed E-state index contributed by atoms with van der Waals surface area (Å²) in [7, 11) is 3.90. The van der Waals surface area contributed by atoms with E-state index in [1.807, 2.05) is 55.4 Å². The third-order valence-electron chi connectivity index (χ3n) is 3.10. The van der Waals surface area contributed by atoms with Gasteiger partial charge in [-0.2, -0.15) is 0 Å². The molecule has 0 spiro atoms. The van der Waals surface area contributed by atoms with Gasteiger partial charge in [-0.1, -0.05) is 72.0 Å². The van der Waals surface area contributed by atoms with E-state index in [0.717, 1.165) is 21.3 Å². The summed E-state index contributed by atoms with van der Waals surface area (Å²) < 4.78 is 0. The lowest BCUT2D eigenvalue weighted by Gasteiger charge is -2.02. The molecule has 0 N–H and O–H groups in total. The smallest absolute Gasteiger partial charge is 0.211 e. The average molecular weight is 307 g/mol. The van der Waals surface area contributed by atoms with Crippen LogP contribution in [0.1, 0.15) is 0 Å². The fourth-order valence-electron chi connectivity index (χ4n) is 2.11. The van der Waals surface area contributed by atoms with Gasteiger partial charge >= 0.3 is 0 Å². The molecule has 3 aromatic rings. The summed E-state index contributed by atoms with van der Waals surface area (Å²) in [6, 6.07) is 20.6. The second-order valence-electron chi connectivity index (χ2n) is 5.11. The second-order valence-corrected chi connectivity index (χ2v) is 6.09. The first-order valence-corrected chi connectivity index (χ1v) is 7.88. The Morgan fingerprint density at radius 2 is 1.50 bits per heavy atom. The molecular formula is C18H17N3S. The number of nitrogens with zero attached hydrogens (tertiary/aromatic N) is 3. The fourth-order valence-corrected chi connectivity index (χ4v) is 3.04. The predicted molar refractivity (Wildman–Crippen MR) is 94.8 cm³/mol. The first-order chi connectivity index (χ1) is 10.7. The van der Waals surface area contributed by atoms with E-state index in [-0.39, 0.29) is 0 Å². The first-order valence-electron chi connectivity index (χ1n) is 7.06. The zero-order valence-electron chi connectivity index (χ0n) is 12.6. The van der Waals surface area contributed by atoms with E-state index in [4.69, 9.17) is 4.98 Å². The number of thiazole rings is 1. The van der Waals surface area contributed by atoms with Crippen LogP contribution in [0.25, 0.3) is 21.7 Å². The number of benzene rings is 2. The van der Waals surface area contributed by atoms with Crippen LogP contribution in [-0.4, -0.2) is 30.3 Å². The van der Waals surface area contributed by atoms with E-state index in [2.05, 4.69) is 29.3 Å². The minimum atomic E-state index is 0.770. The van der Waals surface area contributed by atoms with E-state index in [1.165, 1.54) is 5.56 Å². The summed E-state index contributed by atoms with van der Waals surface area (Å²) in [6.45, 7) is 0. The Morgan fingerprint density at radius 3 is 2.09 bits per heavy atom. The Labute approximate surface area is 134 Å². The fraction of sp³-hybridized carbons (Fsp3) is 0.111. The highest BCUT2D eigenvalue weighted by Gasteiger charge is 2.14. The van der Waals surface area contributed by atoms with Crippen molar-refractivity contribution in [3.8, 4) is 21.7 Å². The maximum atomic E-state index is 4.72. The SMILES string of the molecule is CN(C)C=Nc1nc(-c2ccccc2)c(-c2ccccc2)s1. The van der Waals surface area contributed by atoms with Crippen molar-refractivity contribution in [1.29, 1.82) is 0 Å². The zero-order chi connectivity index (χ0) is 15.4. The van der Waals surface area contributed by atoms with Gasteiger partial charge in [0.25, 0.3) is 0 Å². The van der Waals surface area contributed by atoms with Gasteiger partial charge in [-0.05, 0) is 5.56 Å². The monoisotopic (exact) mass is 307 g/mol. The van der Waals surface area contributed by atoms with Gasteiger partial charge in [0.05, 0.1) is 16.9 Å². The van der Waals surface area contributed by atoms with Crippen molar-refractivity contribution >= 4 is 22.8 Å². The molecule has 1 heterocycles. The molecule has 3 rings (SSSR count). The van der Waals surface area contributed by atoms with Gasteiger partial charge in [0.1, 0.15) is 0 Å². The number of hydrogen-bond acceptors (Lipinski definition) is 3. The maximum Gasteiger partial charge on any atom is 0.211 e. The Bertz CT molecular complexity index is 705. The number of rotatable bonds is 4. The van der Waals surface area contributed by atoms with Gasteiger partial charge in [-0.25, -0.2) is 9.98 Å². The molecule has 0 fully saturated rings. The van der Waals surface area contributed by atoms with Gasteiger partial charge in [0.2, 0.25) is 5.13 Å². The van der Waals surface area contributed by atoms with E-state index in [0.29, 0.717) is 0 Å². The highest BCUT2D eigenvalue weighted by molar-refractivity contribution is 7.19. The first kappa shape index (κ1) is 14.5. The van der Waals surface area contributed by atoms with Gasteiger partial charge in [-0.15, -0.1) is 0 Å². The number of aromatic nitrogens is 1. The normalized spacial score (nSPS) is 11.0. The van der Waals surface area contributed by atoms with Crippen LogP contribution in [0.3, 0.4) is 0 Å². The predicted octanol–water partition coefficient (Wildman–Crippen LogP) is 4.70. The average Bonchev–Trinajstić information content (AvgIpc) is 2.99. The van der Waals surface area contributed by atoms with Gasteiger partial charge < -0.3 is 4.90 Å². The van der Waals surface area contributed by atoms with E-state index in [9.17, 15) is 0 Å². The molecule has 0 atom stereocenters. The minimum Gasteiger partial charge on any atom is -0.369 e. The molecule has 4 heteroatoms. The van der Waals surface area contributed by atoms with Crippen molar-refractivity contribution in [3.05, 3.63) is 60.7 Å². The molecule has 0 radical (unpaired) electrons. The van der Waals surface area contributed by atoms with Gasteiger partial charge in [0, 0.05) is 19.7 Å². The Morgan fingerprint density at radius 1 is 0.909 bits per heavy atom. The molecule has 0 aliphatic heterocycles. The largest absolute Gasteiger partial charge is 0.369 e. The molecule has 22 heavy (non-hydrogen) atoms. The van der Waals surface area contributed by atoms with E-state index >= 15 is 0 Å². The zero-order valence-corrected chi connectivity index (χ0v) is 13.4. The Balaban J connectivity index is 2.10. The summed E-state index contributed by atoms with van der Waals surface area (Å²) in [6.07, 6.45) is 1.78. The molecule has 3 nitrogen and oxygen atoms in total. The quantitative estimate of drug-likeness (QED) is 0.516. The summed E-state index contributed by atoms with van der Waals surface area (Å²) in [5.41, 5.74) is 3.27. The van der Waals surface area contributed by atoms with Crippen LogP contribution >= 0.6 is 11.3 Å². The van der Waals surface area contributed by atoms with Crippen LogP contribution in [0, 0.1) is 0 Å². The molecule has 0 amide bonds. The second kappa shape index (κ2) is 6.54. The number of hydrogen-bond donors (Lipinski definition) is 0. The minimum absolute atomic E-state index is 0.770. The summed E-state index contributed by atoms with van der Waals surface area (Å²) >= 11 is 1.61. The highest BCUT2D eigenvalue weighted by atomic mass is 32.1. The van der Waals surface area contributed by atoms with Gasteiger partial charge in [0.15, 0.2) is 0 Å². The maximum absolute atomic E-state index is 4.72. The van der Waals surface area contributed by atoms with Crippen molar-refractivity contribution in [2.24, 2.45) is 4.99 Å². The molecule has 1 aromatic heterocycles. The van der Waals surface area contributed by atoms with Crippen molar-refractivity contribution in [2.75, 3.05) is 14.1 Å². The van der Waals surface area contributed by atoms with Crippen LogP contribution in [0.2, 0.25) is 0 Å². The molecule has 0 saturated heterocycles. The third kappa shape index (κ3) is 3.23. The molecule has 0 aliphatic rings. The van der Waals surface area contributed by atoms with E-state index in [1.54, 1.807) is 17.7 Å². The molecule has 110 valence electrons. The van der Waals surface area contributed by atoms with Gasteiger partial charge in [-0.3, -0.25) is 0 Å². The Kier molecular flexibility index (Phi) is 4.30. The lowest BCUT2D eigenvalue weighted by molar-refractivity contribution is 0.643. The standard InChI is InChI=1S/C18H17N3S/c1-21(2)13-19-18-20-16(14-9-5-3-6-10-14)17(22-18)15-11-7-4-8-12-15/h3-13H,1-2H3. The van der Waals surface area contributed by atoms with Crippen molar-refractivity contribution in [1.82, 2.24) is 9.88 Å². The third-order valence-corrected chi connectivity index (χ3v) is 4.11. The molecular weight excluding hydrogens is 290 g/mol. The number of aliphatic imine (C=N–C) groups is 1. The molecule has 0 aliphatic carbocycles. The molecule has 0 saturated carbocycles. The highest BCUT2D eigenvalue weighted by Crippen LogP contribution is 2.39. The van der Waals surface area contributed by atoms with Crippen LogP contribution in [0.4, 0.5) is 5.13 Å². The van der Waals surface area contributed by atoms with Crippen LogP contribution in [0.5, 0.6) is 0 Å².